The van der Waals surface area contributed by atoms with Crippen LogP contribution in [0.1, 0.15) is 52.5 Å². The van der Waals surface area contributed by atoms with Crippen molar-refractivity contribution >= 4 is 11.7 Å². The van der Waals surface area contributed by atoms with Crippen LogP contribution in [-0.4, -0.2) is 52.3 Å². The maximum atomic E-state index is 14.7. The maximum Gasteiger partial charge on any atom is 0.267 e. The number of benzene rings is 2. The number of Topliss-reactive ketones (excluding diaryl/α,β-unsaturated/α-hetero) is 1. The molecule has 182 valence electrons. The minimum atomic E-state index is -0.827. The van der Waals surface area contributed by atoms with E-state index in [0.717, 1.165) is 18.9 Å². The first kappa shape index (κ1) is 23.1. The van der Waals surface area contributed by atoms with Crippen LogP contribution >= 0.6 is 0 Å². The molecule has 3 aromatic rings. The summed E-state index contributed by atoms with van der Waals surface area (Å²) in [6.45, 7) is 2.02. The molecule has 0 unspecified atom stereocenters. The summed E-state index contributed by atoms with van der Waals surface area (Å²) >= 11 is 0. The molecule has 1 aromatic heterocycles. The fraction of sp³-hybridized carbons (Fsp3) is 0.360. The van der Waals surface area contributed by atoms with E-state index in [1.165, 1.54) is 12.1 Å². The normalized spacial score (nSPS) is 20.4. The molecule has 0 spiro atoms. The van der Waals surface area contributed by atoms with Gasteiger partial charge in [-0.05, 0) is 56.2 Å². The minimum absolute atomic E-state index is 0.125. The molecular formula is C25H24FN3O6. The number of nitrogens with one attached hydrogen (secondary N) is 1. The second-order valence-corrected chi connectivity index (χ2v) is 8.76. The van der Waals surface area contributed by atoms with Gasteiger partial charge in [-0.25, -0.2) is 4.39 Å². The number of aliphatic hydroxyl groups excluding tert-OH is 1. The molecule has 2 aromatic carbocycles. The Kier molecular flexibility index (Phi) is 6.31. The number of hydrogen-bond acceptors (Lipinski definition) is 8. The standard InChI is InChI=1S/C25H24FN3O6/c1-13(34-17-7-4-15(5-8-17)22(31)14-2-3-14)25-28-23(29-35-25)16-6-9-18(19(26)10-16)24(32)27-20-11-33-12-21(20)30/h4-10,13-14,20-21,30H,2-3,11-12H2,1H3,(H,27,32)/t13-,20+,21-/m1/s1. The van der Waals surface area contributed by atoms with E-state index >= 15 is 0 Å². The Morgan fingerprint density at radius 2 is 1.94 bits per heavy atom. The van der Waals surface area contributed by atoms with Crippen LogP contribution in [0.5, 0.6) is 5.75 Å². The lowest BCUT2D eigenvalue weighted by Crippen LogP contribution is -2.42. The smallest absolute Gasteiger partial charge is 0.267 e. The summed E-state index contributed by atoms with van der Waals surface area (Å²) in [5.41, 5.74) is 0.824. The Labute approximate surface area is 200 Å². The van der Waals surface area contributed by atoms with Crippen LogP contribution < -0.4 is 10.1 Å². The highest BCUT2D eigenvalue weighted by atomic mass is 19.1. The van der Waals surface area contributed by atoms with Crippen LogP contribution in [0.15, 0.2) is 47.0 Å². The predicted molar refractivity (Wildman–Crippen MR) is 120 cm³/mol. The molecule has 3 atom stereocenters. The van der Waals surface area contributed by atoms with Crippen LogP contribution in [0.3, 0.4) is 0 Å². The van der Waals surface area contributed by atoms with Gasteiger partial charge in [-0.1, -0.05) is 11.2 Å². The Balaban J connectivity index is 1.23. The number of ketones is 1. The molecule has 2 N–H and O–H groups in total. The average Bonchev–Trinajstić information content (AvgIpc) is 3.44. The van der Waals surface area contributed by atoms with Crippen molar-refractivity contribution in [2.45, 2.75) is 38.0 Å². The Hall–Kier alpha value is -3.63. The van der Waals surface area contributed by atoms with E-state index in [0.29, 0.717) is 16.9 Å². The summed E-state index contributed by atoms with van der Waals surface area (Å²) in [6, 6.07) is 10.3. The molecule has 2 heterocycles. The fourth-order valence-electron chi connectivity index (χ4n) is 3.82. The van der Waals surface area contributed by atoms with Crippen LogP contribution in [0.25, 0.3) is 11.4 Å². The molecule has 5 rings (SSSR count). The molecule has 2 aliphatic rings. The van der Waals surface area contributed by atoms with Gasteiger partial charge < -0.3 is 24.4 Å². The number of hydrogen-bond donors (Lipinski definition) is 2. The third-order valence-corrected chi connectivity index (χ3v) is 6.03. The highest BCUT2D eigenvalue weighted by molar-refractivity contribution is 5.99. The lowest BCUT2D eigenvalue weighted by Gasteiger charge is -2.14. The number of aliphatic hydroxyl groups is 1. The van der Waals surface area contributed by atoms with Gasteiger partial charge in [0, 0.05) is 17.0 Å². The summed E-state index contributed by atoms with van der Waals surface area (Å²) in [4.78, 5) is 28.8. The van der Waals surface area contributed by atoms with Gasteiger partial charge in [0.2, 0.25) is 5.82 Å². The Bertz CT molecular complexity index is 1240. The number of rotatable bonds is 8. The molecule has 35 heavy (non-hydrogen) atoms. The number of halogens is 1. The lowest BCUT2D eigenvalue weighted by atomic mass is 10.1. The van der Waals surface area contributed by atoms with Gasteiger partial charge in [0.15, 0.2) is 11.9 Å². The first-order valence-corrected chi connectivity index (χ1v) is 11.4. The van der Waals surface area contributed by atoms with Gasteiger partial charge in [-0.15, -0.1) is 0 Å². The number of aromatic nitrogens is 2. The zero-order chi connectivity index (χ0) is 24.5. The summed E-state index contributed by atoms with van der Waals surface area (Å²) in [7, 11) is 0. The van der Waals surface area contributed by atoms with E-state index in [4.69, 9.17) is 14.0 Å². The molecular weight excluding hydrogens is 457 g/mol. The molecule has 1 amide bonds. The van der Waals surface area contributed by atoms with E-state index in [-0.39, 0.29) is 42.2 Å². The first-order chi connectivity index (χ1) is 16.9. The van der Waals surface area contributed by atoms with Gasteiger partial charge in [-0.3, -0.25) is 9.59 Å². The topological polar surface area (TPSA) is 124 Å². The summed E-state index contributed by atoms with van der Waals surface area (Å²) in [5.74, 6) is -0.215. The Morgan fingerprint density at radius 3 is 2.60 bits per heavy atom. The molecule has 9 nitrogen and oxygen atoms in total. The molecule has 1 aliphatic heterocycles. The zero-order valence-electron chi connectivity index (χ0n) is 18.9. The summed E-state index contributed by atoms with van der Waals surface area (Å²) in [5, 5.41) is 16.2. The highest BCUT2D eigenvalue weighted by Gasteiger charge is 2.30. The van der Waals surface area contributed by atoms with Crippen molar-refractivity contribution in [1.82, 2.24) is 15.5 Å². The van der Waals surface area contributed by atoms with Crippen LogP contribution in [0.4, 0.5) is 4.39 Å². The maximum absolute atomic E-state index is 14.7. The van der Waals surface area contributed by atoms with Crippen LogP contribution in [-0.2, 0) is 4.74 Å². The SMILES string of the molecule is C[C@@H](Oc1ccc(C(=O)C2CC2)cc1)c1nc(-c2ccc(C(=O)N[C@H]3COC[C@H]3O)c(F)c2)no1. The number of amides is 1. The average molecular weight is 481 g/mol. The summed E-state index contributed by atoms with van der Waals surface area (Å²) < 4.78 is 30.9. The molecule has 1 saturated heterocycles. The molecule has 2 fully saturated rings. The van der Waals surface area contributed by atoms with Crippen molar-refractivity contribution in [2.24, 2.45) is 5.92 Å². The second kappa shape index (κ2) is 9.55. The van der Waals surface area contributed by atoms with Gasteiger partial charge in [0.05, 0.1) is 30.9 Å². The van der Waals surface area contributed by atoms with Crippen molar-refractivity contribution < 1.29 is 33.1 Å². The summed E-state index contributed by atoms with van der Waals surface area (Å²) in [6.07, 6.45) is 0.489. The van der Waals surface area contributed by atoms with E-state index < -0.39 is 30.0 Å². The zero-order valence-corrected chi connectivity index (χ0v) is 18.9. The molecule has 1 saturated carbocycles. The lowest BCUT2D eigenvalue weighted by molar-refractivity contribution is 0.0882. The molecule has 10 heteroatoms. The van der Waals surface area contributed by atoms with Gasteiger partial charge in [-0.2, -0.15) is 4.98 Å². The number of nitrogens with zero attached hydrogens (tertiary/aromatic N) is 2. The van der Waals surface area contributed by atoms with Crippen molar-refractivity contribution in [2.75, 3.05) is 13.2 Å². The number of carbonyl (C=O) groups excluding carboxylic acids is 2. The van der Waals surface area contributed by atoms with Crippen molar-refractivity contribution in [3.63, 3.8) is 0 Å². The minimum Gasteiger partial charge on any atom is -0.481 e. The quantitative estimate of drug-likeness (QED) is 0.471. The van der Waals surface area contributed by atoms with Crippen LogP contribution in [0.2, 0.25) is 0 Å². The van der Waals surface area contributed by atoms with Gasteiger partial charge in [0.25, 0.3) is 11.8 Å². The molecule has 1 aliphatic carbocycles. The van der Waals surface area contributed by atoms with E-state index in [1.54, 1.807) is 31.2 Å². The van der Waals surface area contributed by atoms with E-state index in [1.807, 2.05) is 0 Å². The third kappa shape index (κ3) is 5.08. The van der Waals surface area contributed by atoms with Crippen molar-refractivity contribution in [1.29, 1.82) is 0 Å². The van der Waals surface area contributed by atoms with Crippen LogP contribution in [0, 0.1) is 11.7 Å². The third-order valence-electron chi connectivity index (χ3n) is 6.03. The number of carbonyl (C=O) groups is 2. The van der Waals surface area contributed by atoms with E-state index in [2.05, 4.69) is 15.5 Å². The predicted octanol–water partition coefficient (Wildman–Crippen LogP) is 3.10. The van der Waals surface area contributed by atoms with E-state index in [9.17, 15) is 19.1 Å². The van der Waals surface area contributed by atoms with Gasteiger partial charge >= 0.3 is 0 Å². The van der Waals surface area contributed by atoms with Gasteiger partial charge in [0.1, 0.15) is 11.6 Å². The molecule has 0 radical (unpaired) electrons. The van der Waals surface area contributed by atoms with Crippen molar-refractivity contribution in [3.8, 4) is 17.1 Å². The second-order valence-electron chi connectivity index (χ2n) is 8.76. The largest absolute Gasteiger partial charge is 0.481 e. The first-order valence-electron chi connectivity index (χ1n) is 11.4. The Morgan fingerprint density at radius 1 is 1.17 bits per heavy atom. The monoisotopic (exact) mass is 481 g/mol. The fourth-order valence-corrected chi connectivity index (χ4v) is 3.82. The number of ether oxygens (including phenoxy) is 2. The highest BCUT2D eigenvalue weighted by Crippen LogP contribution is 2.33. The molecule has 0 bridgehead atoms. The van der Waals surface area contributed by atoms with Crippen molar-refractivity contribution in [3.05, 3.63) is 65.3 Å².